The minimum atomic E-state index is -0.611. The van der Waals surface area contributed by atoms with Gasteiger partial charge in [0.05, 0.1) is 11.8 Å². The van der Waals surface area contributed by atoms with E-state index in [2.05, 4.69) is 11.4 Å². The zero-order valence-corrected chi connectivity index (χ0v) is 13.3. The van der Waals surface area contributed by atoms with Crippen LogP contribution in [0.15, 0.2) is 16.7 Å². The van der Waals surface area contributed by atoms with Crippen molar-refractivity contribution in [2.24, 2.45) is 0 Å². The number of hydrogen-bond acceptors (Lipinski definition) is 6. The summed E-state index contributed by atoms with van der Waals surface area (Å²) < 4.78 is 9.98. The van der Waals surface area contributed by atoms with Gasteiger partial charge >= 0.3 is 5.97 Å². The molecule has 0 unspecified atom stereocenters. The number of hydrogen-bond donors (Lipinski definition) is 1. The molecule has 118 valence electrons. The molecule has 1 N–H and O–H groups in total. The van der Waals surface area contributed by atoms with Crippen molar-refractivity contribution in [1.82, 2.24) is 0 Å². The number of carbonyl (C=O) groups excluding carboxylic acids is 2. The van der Waals surface area contributed by atoms with Crippen molar-refractivity contribution < 1.29 is 18.7 Å². The van der Waals surface area contributed by atoms with E-state index in [1.165, 1.54) is 23.7 Å². The van der Waals surface area contributed by atoms with Crippen LogP contribution in [0.5, 0.6) is 0 Å². The van der Waals surface area contributed by atoms with Gasteiger partial charge in [-0.3, -0.25) is 4.79 Å². The molecule has 0 bridgehead atoms. The molecule has 6 nitrogen and oxygen atoms in total. The molecular weight excluding hydrogens is 316 g/mol. The summed E-state index contributed by atoms with van der Waals surface area (Å²) in [7, 11) is 0. The second-order valence-electron chi connectivity index (χ2n) is 5.19. The number of nitrogens with one attached hydrogen (secondary N) is 1. The number of nitrogens with zero attached hydrogens (tertiary/aromatic N) is 1. The molecule has 0 fully saturated rings. The summed E-state index contributed by atoms with van der Waals surface area (Å²) in [6.45, 7) is 1.24. The summed E-state index contributed by atoms with van der Waals surface area (Å²) in [6.07, 6.45) is 4.25. The predicted octanol–water partition coefficient (Wildman–Crippen LogP) is 2.81. The van der Waals surface area contributed by atoms with Crippen molar-refractivity contribution >= 4 is 28.2 Å². The van der Waals surface area contributed by atoms with Crippen LogP contribution in [0.25, 0.3) is 0 Å². The van der Waals surface area contributed by atoms with Crippen LogP contribution in [0.4, 0.5) is 5.00 Å². The molecule has 1 amide bonds. The van der Waals surface area contributed by atoms with Gasteiger partial charge in [0.25, 0.3) is 5.91 Å². The predicted molar refractivity (Wildman–Crippen MR) is 83.4 cm³/mol. The van der Waals surface area contributed by atoms with E-state index in [0.717, 1.165) is 29.7 Å². The van der Waals surface area contributed by atoms with Crippen LogP contribution >= 0.6 is 11.3 Å². The summed E-state index contributed by atoms with van der Waals surface area (Å²) >= 11 is 1.43. The Hall–Kier alpha value is -2.59. The number of nitriles is 1. The number of ether oxygens (including phenoxy) is 1. The van der Waals surface area contributed by atoms with Gasteiger partial charge < -0.3 is 14.5 Å². The van der Waals surface area contributed by atoms with Crippen LogP contribution in [0.3, 0.4) is 0 Å². The number of thiophene rings is 1. The summed E-state index contributed by atoms with van der Waals surface area (Å²) in [4.78, 5) is 24.9. The first-order valence-corrected chi connectivity index (χ1v) is 7.97. The SMILES string of the molecule is Cc1occc1C(=O)OCC(=O)Nc1sc2c(c1C#N)CCC2. The van der Waals surface area contributed by atoms with Gasteiger partial charge in [0.2, 0.25) is 0 Å². The molecule has 7 heteroatoms. The lowest BCUT2D eigenvalue weighted by Gasteiger charge is -2.05. The van der Waals surface area contributed by atoms with E-state index < -0.39 is 18.5 Å². The van der Waals surface area contributed by atoms with E-state index in [1.54, 1.807) is 6.92 Å². The summed E-state index contributed by atoms with van der Waals surface area (Å²) in [5.74, 6) is -0.631. The third kappa shape index (κ3) is 2.98. The molecule has 0 radical (unpaired) electrons. The third-order valence-electron chi connectivity index (χ3n) is 3.70. The lowest BCUT2D eigenvalue weighted by atomic mass is 10.1. The zero-order valence-electron chi connectivity index (χ0n) is 12.5. The zero-order chi connectivity index (χ0) is 16.4. The average Bonchev–Trinajstić information content (AvgIpc) is 3.20. The Morgan fingerprint density at radius 2 is 2.30 bits per heavy atom. The number of rotatable bonds is 4. The first-order chi connectivity index (χ1) is 11.1. The largest absolute Gasteiger partial charge is 0.469 e. The standard InChI is InChI=1S/C16H14N2O4S/c1-9-10(5-6-21-9)16(20)22-8-14(19)18-15-12(7-17)11-3-2-4-13(11)23-15/h5-6H,2-4,8H2,1H3,(H,18,19). The van der Waals surface area contributed by atoms with Crippen molar-refractivity contribution in [3.05, 3.63) is 39.7 Å². The number of esters is 1. The van der Waals surface area contributed by atoms with Gasteiger partial charge in [-0.2, -0.15) is 5.26 Å². The van der Waals surface area contributed by atoms with E-state index in [9.17, 15) is 14.9 Å². The normalized spacial score (nSPS) is 12.5. The van der Waals surface area contributed by atoms with Crippen molar-refractivity contribution in [1.29, 1.82) is 5.26 Å². The highest BCUT2D eigenvalue weighted by molar-refractivity contribution is 7.16. The van der Waals surface area contributed by atoms with Crippen molar-refractivity contribution in [3.8, 4) is 6.07 Å². The number of amides is 1. The first kappa shape index (κ1) is 15.3. The molecule has 23 heavy (non-hydrogen) atoms. The van der Waals surface area contributed by atoms with Crippen LogP contribution in [-0.4, -0.2) is 18.5 Å². The van der Waals surface area contributed by atoms with Gasteiger partial charge in [0.15, 0.2) is 6.61 Å². The highest BCUT2D eigenvalue weighted by Crippen LogP contribution is 2.38. The maximum Gasteiger partial charge on any atom is 0.342 e. The smallest absolute Gasteiger partial charge is 0.342 e. The maximum absolute atomic E-state index is 12.0. The van der Waals surface area contributed by atoms with Gasteiger partial charge in [-0.25, -0.2) is 4.79 Å². The van der Waals surface area contributed by atoms with Crippen LogP contribution in [-0.2, 0) is 22.4 Å². The van der Waals surface area contributed by atoms with E-state index >= 15 is 0 Å². The highest BCUT2D eigenvalue weighted by Gasteiger charge is 2.23. The molecule has 0 aromatic carbocycles. The van der Waals surface area contributed by atoms with Crippen molar-refractivity contribution in [3.63, 3.8) is 0 Å². The average molecular weight is 330 g/mol. The van der Waals surface area contributed by atoms with Gasteiger partial charge in [-0.1, -0.05) is 0 Å². The van der Waals surface area contributed by atoms with Crippen molar-refractivity contribution in [2.75, 3.05) is 11.9 Å². The Morgan fingerprint density at radius 1 is 1.48 bits per heavy atom. The Balaban J connectivity index is 1.61. The molecule has 2 aromatic rings. The topological polar surface area (TPSA) is 92.3 Å². The second kappa shape index (κ2) is 6.26. The molecule has 0 spiro atoms. The fourth-order valence-corrected chi connectivity index (χ4v) is 3.83. The molecular formula is C16H14N2O4S. The van der Waals surface area contributed by atoms with Gasteiger partial charge in [0, 0.05) is 4.88 Å². The Kier molecular flexibility index (Phi) is 4.17. The number of furan rings is 1. The minimum Gasteiger partial charge on any atom is -0.469 e. The monoisotopic (exact) mass is 330 g/mol. The molecule has 0 aliphatic heterocycles. The summed E-state index contributed by atoms with van der Waals surface area (Å²) in [5, 5.41) is 12.5. The number of anilines is 1. The molecule has 0 saturated heterocycles. The molecule has 1 aliphatic carbocycles. The van der Waals surface area contributed by atoms with E-state index in [-0.39, 0.29) is 0 Å². The molecule has 3 rings (SSSR count). The Labute approximate surface area is 136 Å². The van der Waals surface area contributed by atoms with Gasteiger partial charge in [-0.15, -0.1) is 11.3 Å². The molecule has 0 saturated carbocycles. The molecule has 2 aromatic heterocycles. The van der Waals surface area contributed by atoms with Crippen LogP contribution in [0, 0.1) is 18.3 Å². The number of fused-ring (bicyclic) bond motifs is 1. The summed E-state index contributed by atoms with van der Waals surface area (Å²) in [6, 6.07) is 3.64. The fourth-order valence-electron chi connectivity index (χ4n) is 2.58. The minimum absolute atomic E-state index is 0.297. The van der Waals surface area contributed by atoms with E-state index in [1.807, 2.05) is 0 Å². The van der Waals surface area contributed by atoms with E-state index in [4.69, 9.17) is 9.15 Å². The van der Waals surface area contributed by atoms with Crippen LogP contribution < -0.4 is 5.32 Å². The van der Waals surface area contributed by atoms with Gasteiger partial charge in [0.1, 0.15) is 22.4 Å². The summed E-state index contributed by atoms with van der Waals surface area (Å²) in [5.41, 5.74) is 1.87. The lowest BCUT2D eigenvalue weighted by Crippen LogP contribution is -2.21. The molecule has 0 atom stereocenters. The number of aryl methyl sites for hydroxylation is 2. The van der Waals surface area contributed by atoms with Gasteiger partial charge in [-0.05, 0) is 37.8 Å². The number of carbonyl (C=O) groups is 2. The maximum atomic E-state index is 12.0. The Morgan fingerprint density at radius 3 is 3.00 bits per heavy atom. The first-order valence-electron chi connectivity index (χ1n) is 7.16. The fraction of sp³-hybridized carbons (Fsp3) is 0.312. The van der Waals surface area contributed by atoms with E-state index in [0.29, 0.717) is 21.9 Å². The Bertz CT molecular complexity index is 813. The lowest BCUT2D eigenvalue weighted by molar-refractivity contribution is -0.119. The van der Waals surface area contributed by atoms with Crippen molar-refractivity contribution in [2.45, 2.75) is 26.2 Å². The molecule has 1 aliphatic rings. The second-order valence-corrected chi connectivity index (χ2v) is 6.29. The highest BCUT2D eigenvalue weighted by atomic mass is 32.1. The van der Waals surface area contributed by atoms with Crippen LogP contribution in [0.2, 0.25) is 0 Å². The molecule has 2 heterocycles. The third-order valence-corrected chi connectivity index (χ3v) is 4.91. The van der Waals surface area contributed by atoms with Crippen LogP contribution in [0.1, 0.15) is 38.5 Å². The quantitative estimate of drug-likeness (QED) is 0.870.